The van der Waals surface area contributed by atoms with Crippen LogP contribution in [0.2, 0.25) is 5.02 Å². The third-order valence-corrected chi connectivity index (χ3v) is 7.22. The first-order valence-electron chi connectivity index (χ1n) is 13.0. The lowest BCUT2D eigenvalue weighted by Crippen LogP contribution is -2.31. The van der Waals surface area contributed by atoms with E-state index in [0.717, 1.165) is 18.7 Å². The van der Waals surface area contributed by atoms with Crippen LogP contribution < -0.4 is 4.74 Å². The van der Waals surface area contributed by atoms with E-state index in [0.29, 0.717) is 35.6 Å². The Bertz CT molecular complexity index is 1830. The van der Waals surface area contributed by atoms with E-state index < -0.39 is 29.3 Å². The minimum Gasteiger partial charge on any atom is -0.478 e. The molecular formula is C30H22ClF3N4O4. The smallest absolute Gasteiger partial charge is 0.335 e. The molecule has 0 saturated carbocycles. The van der Waals surface area contributed by atoms with E-state index in [4.69, 9.17) is 21.1 Å². The number of hydrogen-bond acceptors (Lipinski definition) is 6. The molecule has 6 rings (SSSR count). The number of hydrogen-bond donors (Lipinski definition) is 1. The van der Waals surface area contributed by atoms with Gasteiger partial charge in [-0.05, 0) is 54.4 Å². The molecule has 5 aromatic rings. The monoisotopic (exact) mass is 594 g/mol. The number of nitrogens with zero attached hydrogens (tertiary/aromatic N) is 4. The van der Waals surface area contributed by atoms with E-state index in [1.54, 1.807) is 18.2 Å². The molecule has 0 unspecified atom stereocenters. The largest absolute Gasteiger partial charge is 0.478 e. The molecule has 3 heterocycles. The average Bonchev–Trinajstić information content (AvgIpc) is 3.27. The van der Waals surface area contributed by atoms with Crippen molar-refractivity contribution in [1.29, 1.82) is 0 Å². The number of imidazole rings is 1. The number of carboxylic acid groups (broad SMARTS) is 1. The fraction of sp³-hybridized carbons (Fsp3) is 0.200. The molecular weight excluding hydrogens is 573 g/mol. The third kappa shape index (κ3) is 5.65. The van der Waals surface area contributed by atoms with Gasteiger partial charge in [0.1, 0.15) is 24.1 Å². The van der Waals surface area contributed by atoms with Gasteiger partial charge in [0.25, 0.3) is 5.88 Å². The second-order valence-corrected chi connectivity index (χ2v) is 10.2. The summed E-state index contributed by atoms with van der Waals surface area (Å²) in [4.78, 5) is 24.1. The molecule has 1 aliphatic rings. The molecule has 1 atom stereocenters. The minimum atomic E-state index is -1.04. The van der Waals surface area contributed by atoms with Crippen molar-refractivity contribution in [3.05, 3.63) is 106 Å². The van der Waals surface area contributed by atoms with Crippen LogP contribution in [-0.2, 0) is 24.3 Å². The Morgan fingerprint density at radius 1 is 1.05 bits per heavy atom. The van der Waals surface area contributed by atoms with E-state index in [-0.39, 0.29) is 46.7 Å². The van der Waals surface area contributed by atoms with Crippen molar-refractivity contribution >= 4 is 28.6 Å². The van der Waals surface area contributed by atoms with Gasteiger partial charge in [-0.25, -0.2) is 23.5 Å². The van der Waals surface area contributed by atoms with Crippen molar-refractivity contribution in [3.8, 4) is 17.3 Å². The number of ether oxygens (including phenoxy) is 2. The molecule has 0 bridgehead atoms. The van der Waals surface area contributed by atoms with Gasteiger partial charge in [-0.3, -0.25) is 0 Å². The molecule has 42 heavy (non-hydrogen) atoms. The van der Waals surface area contributed by atoms with E-state index in [1.807, 2.05) is 4.57 Å². The Balaban J connectivity index is 1.25. The quantitative estimate of drug-likeness (QED) is 0.216. The molecule has 0 aliphatic carbocycles. The van der Waals surface area contributed by atoms with Crippen molar-refractivity contribution in [1.82, 2.24) is 19.5 Å². The molecule has 1 saturated heterocycles. The molecule has 8 nitrogen and oxygen atoms in total. The topological polar surface area (TPSA) is 99.4 Å². The number of carboxylic acids is 1. The molecule has 12 heteroatoms. The highest BCUT2D eigenvalue weighted by atomic mass is 35.5. The molecule has 1 N–H and O–H groups in total. The molecule has 0 spiro atoms. The van der Waals surface area contributed by atoms with Gasteiger partial charge in [-0.2, -0.15) is 9.37 Å². The zero-order chi connectivity index (χ0) is 29.4. The van der Waals surface area contributed by atoms with Gasteiger partial charge in [0.2, 0.25) is 5.82 Å². The van der Waals surface area contributed by atoms with Gasteiger partial charge in [-0.15, -0.1) is 0 Å². The SMILES string of the molecule is O=C(O)c1ccc2nc(Cc3ccc(-c4ncc(F)c(OCc5ccc(Cl)cc5F)n4)c(F)c3)n(C[C@@H]3CCO3)c2c1. The maximum absolute atomic E-state index is 15.3. The second kappa shape index (κ2) is 11.4. The van der Waals surface area contributed by atoms with Gasteiger partial charge >= 0.3 is 5.97 Å². The van der Waals surface area contributed by atoms with E-state index in [2.05, 4.69) is 15.0 Å². The first kappa shape index (κ1) is 27.7. The first-order valence-corrected chi connectivity index (χ1v) is 13.3. The van der Waals surface area contributed by atoms with Crippen LogP contribution in [0.4, 0.5) is 13.2 Å². The molecule has 0 amide bonds. The van der Waals surface area contributed by atoms with Gasteiger partial charge < -0.3 is 19.1 Å². The zero-order valence-corrected chi connectivity index (χ0v) is 22.6. The highest BCUT2D eigenvalue weighted by Crippen LogP contribution is 2.27. The Kier molecular flexibility index (Phi) is 7.53. The maximum Gasteiger partial charge on any atom is 0.335 e. The number of carbonyl (C=O) groups is 1. The lowest BCUT2D eigenvalue weighted by Gasteiger charge is -2.27. The summed E-state index contributed by atoms with van der Waals surface area (Å²) in [7, 11) is 0. The lowest BCUT2D eigenvalue weighted by atomic mass is 10.1. The fourth-order valence-electron chi connectivity index (χ4n) is 4.68. The number of aromatic carboxylic acids is 1. The normalized spacial score (nSPS) is 14.6. The highest BCUT2D eigenvalue weighted by Gasteiger charge is 2.23. The average molecular weight is 595 g/mol. The van der Waals surface area contributed by atoms with Crippen LogP contribution in [0.25, 0.3) is 22.4 Å². The first-order chi connectivity index (χ1) is 20.2. The summed E-state index contributed by atoms with van der Waals surface area (Å²) >= 11 is 5.76. The molecule has 214 valence electrons. The standard InChI is InChI=1S/C30H22ClF3N4O4/c31-19-4-2-18(22(32)12-19)15-42-29-24(34)13-35-28(37-29)21-5-1-16(9-23(21)33)10-27-36-25-6-3-17(30(39)40)11-26(25)38(27)14-20-7-8-41-20/h1-6,9,11-13,20H,7-8,10,14-15H2,(H,39,40)/t20-/m0/s1. The number of benzene rings is 3. The Hall–Kier alpha value is -4.48. The van der Waals surface area contributed by atoms with Crippen LogP contribution in [0, 0.1) is 17.5 Å². The van der Waals surface area contributed by atoms with Crippen molar-refractivity contribution in [2.75, 3.05) is 6.61 Å². The number of fused-ring (bicyclic) bond motifs is 1. The Morgan fingerprint density at radius 3 is 2.60 bits per heavy atom. The van der Waals surface area contributed by atoms with Crippen molar-refractivity contribution in [2.45, 2.75) is 32.1 Å². The highest BCUT2D eigenvalue weighted by molar-refractivity contribution is 6.30. The predicted molar refractivity (Wildman–Crippen MR) is 147 cm³/mol. The summed E-state index contributed by atoms with van der Waals surface area (Å²) in [5.41, 5.74) is 2.17. The predicted octanol–water partition coefficient (Wildman–Crippen LogP) is 6.22. The van der Waals surface area contributed by atoms with E-state index in [1.165, 1.54) is 30.3 Å². The van der Waals surface area contributed by atoms with Gasteiger partial charge in [-0.1, -0.05) is 23.7 Å². The third-order valence-electron chi connectivity index (χ3n) is 6.98. The fourth-order valence-corrected chi connectivity index (χ4v) is 4.84. The summed E-state index contributed by atoms with van der Waals surface area (Å²) < 4.78 is 56.7. The summed E-state index contributed by atoms with van der Waals surface area (Å²) in [6.45, 7) is 0.830. The molecule has 2 aromatic heterocycles. The van der Waals surface area contributed by atoms with Crippen molar-refractivity contribution in [2.24, 2.45) is 0 Å². The molecule has 0 radical (unpaired) electrons. The maximum atomic E-state index is 15.3. The van der Waals surface area contributed by atoms with Gasteiger partial charge in [0.15, 0.2) is 5.82 Å². The Labute approximate surface area is 242 Å². The van der Waals surface area contributed by atoms with Gasteiger partial charge in [0, 0.05) is 23.6 Å². The molecule has 1 aliphatic heterocycles. The Morgan fingerprint density at radius 2 is 1.88 bits per heavy atom. The summed E-state index contributed by atoms with van der Waals surface area (Å²) in [5, 5.41) is 9.66. The van der Waals surface area contributed by atoms with Crippen LogP contribution in [0.3, 0.4) is 0 Å². The molecule has 3 aromatic carbocycles. The second-order valence-electron chi connectivity index (χ2n) is 9.79. The van der Waals surface area contributed by atoms with Crippen molar-refractivity contribution < 1.29 is 32.5 Å². The number of rotatable bonds is 9. The van der Waals surface area contributed by atoms with Crippen LogP contribution in [0.15, 0.2) is 60.8 Å². The summed E-state index contributed by atoms with van der Waals surface area (Å²) in [6.07, 6.45) is 1.97. The lowest BCUT2D eigenvalue weighted by molar-refractivity contribution is -0.0589. The van der Waals surface area contributed by atoms with E-state index >= 15 is 4.39 Å². The van der Waals surface area contributed by atoms with Crippen LogP contribution in [0.1, 0.15) is 33.7 Å². The summed E-state index contributed by atoms with van der Waals surface area (Å²) in [6, 6.07) is 13.2. The van der Waals surface area contributed by atoms with Crippen LogP contribution in [0.5, 0.6) is 5.88 Å². The van der Waals surface area contributed by atoms with E-state index in [9.17, 15) is 18.7 Å². The number of halogens is 4. The van der Waals surface area contributed by atoms with Crippen LogP contribution >= 0.6 is 11.6 Å². The molecule has 1 fully saturated rings. The zero-order valence-electron chi connectivity index (χ0n) is 21.9. The van der Waals surface area contributed by atoms with Gasteiger partial charge in [0.05, 0.1) is 41.0 Å². The van der Waals surface area contributed by atoms with Crippen LogP contribution in [-0.4, -0.2) is 43.3 Å². The number of aromatic nitrogens is 4. The minimum absolute atomic E-state index is 0.0167. The summed E-state index contributed by atoms with van der Waals surface area (Å²) in [5.74, 6) is -3.13. The van der Waals surface area contributed by atoms with Crippen molar-refractivity contribution in [3.63, 3.8) is 0 Å².